The first-order valence-electron chi connectivity index (χ1n) is 15.4. The van der Waals surface area contributed by atoms with Crippen molar-refractivity contribution in [1.29, 1.82) is 5.26 Å². The summed E-state index contributed by atoms with van der Waals surface area (Å²) in [5.41, 5.74) is 4.30. The molecule has 0 atom stereocenters. The number of aryl methyl sites for hydroxylation is 1. The van der Waals surface area contributed by atoms with Gasteiger partial charge in [-0.15, -0.1) is 0 Å². The summed E-state index contributed by atoms with van der Waals surface area (Å²) < 4.78 is 15.6. The first kappa shape index (κ1) is 29.8. The molecule has 7 rings (SSSR count). The Labute approximate surface area is 270 Å². The van der Waals surface area contributed by atoms with Crippen LogP contribution in [0.2, 0.25) is 0 Å². The Morgan fingerprint density at radius 1 is 1.04 bits per heavy atom. The number of anilines is 3. The van der Waals surface area contributed by atoms with Crippen molar-refractivity contribution in [1.82, 2.24) is 24.3 Å². The molecule has 1 saturated heterocycles. The smallest absolute Gasteiger partial charge is 0.231 e. The molecule has 1 aliphatic heterocycles. The number of benzene rings is 1. The fraction of sp³-hybridized carbons (Fsp3) is 0.324. The third kappa shape index (κ3) is 5.25. The Bertz CT molecular complexity index is 1950. The van der Waals surface area contributed by atoms with Crippen molar-refractivity contribution < 1.29 is 14.3 Å². The molecule has 1 amide bonds. The van der Waals surface area contributed by atoms with Crippen LogP contribution in [0.5, 0.6) is 0 Å². The third-order valence-electron chi connectivity index (χ3n) is 9.02. The van der Waals surface area contributed by atoms with Gasteiger partial charge < -0.3 is 19.8 Å². The van der Waals surface area contributed by atoms with E-state index in [-0.39, 0.29) is 18.3 Å². The van der Waals surface area contributed by atoms with E-state index in [1.165, 1.54) is 23.5 Å². The van der Waals surface area contributed by atoms with Crippen LogP contribution in [0.15, 0.2) is 60.9 Å². The molecule has 5 heterocycles. The van der Waals surface area contributed by atoms with Crippen molar-refractivity contribution in [2.45, 2.75) is 26.2 Å². The highest BCUT2D eigenvalue weighted by Gasteiger charge is 2.51. The summed E-state index contributed by atoms with van der Waals surface area (Å²) in [6.07, 6.45) is 6.17. The largest absolute Gasteiger partial charge is 0.395 e. The summed E-state index contributed by atoms with van der Waals surface area (Å²) in [5, 5.41) is 20.1. The molecule has 0 unspecified atom stereocenters. The van der Waals surface area contributed by atoms with Gasteiger partial charge in [0.2, 0.25) is 5.91 Å². The Morgan fingerprint density at radius 2 is 1.76 bits per heavy atom. The third-order valence-corrected chi connectivity index (χ3v) is 10.1. The Balaban J connectivity index is 1.13. The van der Waals surface area contributed by atoms with Crippen LogP contribution in [0, 0.1) is 22.6 Å². The van der Waals surface area contributed by atoms with Gasteiger partial charge in [0.25, 0.3) is 0 Å². The van der Waals surface area contributed by atoms with Crippen LogP contribution >= 0.6 is 11.3 Å². The molecule has 2 aliphatic rings. The molecule has 1 N–H and O–H groups in total. The molecular formula is C34H33FN8O2S. The summed E-state index contributed by atoms with van der Waals surface area (Å²) in [6.45, 7) is 4.63. The summed E-state index contributed by atoms with van der Waals surface area (Å²) in [7, 11) is 1.92. The average Bonchev–Trinajstić information content (AvgIpc) is 3.64. The normalized spacial score (nSPS) is 15.6. The molecule has 1 aromatic carbocycles. The molecule has 10 nitrogen and oxygen atoms in total. The molecule has 12 heteroatoms. The minimum Gasteiger partial charge on any atom is -0.395 e. The second-order valence-corrected chi connectivity index (χ2v) is 12.8. The van der Waals surface area contributed by atoms with Gasteiger partial charge in [-0.25, -0.2) is 19.3 Å². The maximum atomic E-state index is 13.6. The van der Waals surface area contributed by atoms with Crippen LogP contribution in [0.3, 0.4) is 0 Å². The molecule has 4 aromatic heterocycles. The highest BCUT2D eigenvalue weighted by atomic mass is 32.1. The average molecular weight is 637 g/mol. The first-order valence-corrected chi connectivity index (χ1v) is 16.2. The number of aliphatic hydroxyl groups is 1. The van der Waals surface area contributed by atoms with E-state index in [0.717, 1.165) is 46.9 Å². The molecule has 1 saturated carbocycles. The number of imidazole rings is 1. The van der Waals surface area contributed by atoms with Crippen molar-refractivity contribution in [3.63, 3.8) is 0 Å². The molecule has 2 fully saturated rings. The Hall–Kier alpha value is -4.86. The van der Waals surface area contributed by atoms with Gasteiger partial charge in [0.05, 0.1) is 17.7 Å². The molecule has 0 radical (unpaired) electrons. The molecule has 1 aliphatic carbocycles. The highest BCUT2D eigenvalue weighted by molar-refractivity contribution is 7.16. The maximum Gasteiger partial charge on any atom is 0.231 e. The number of nitrogens with zero attached hydrogens (tertiary/aromatic N) is 8. The number of carbonyl (C=O) groups excluding carboxylic acids is 1. The lowest BCUT2D eigenvalue weighted by Gasteiger charge is -2.37. The van der Waals surface area contributed by atoms with Crippen LogP contribution in [0.4, 0.5) is 21.2 Å². The van der Waals surface area contributed by atoms with E-state index >= 15 is 0 Å². The number of pyridine rings is 2. The lowest BCUT2D eigenvalue weighted by atomic mass is 10.1. The zero-order chi connectivity index (χ0) is 32.0. The predicted octanol–water partition coefficient (Wildman–Crippen LogP) is 5.28. The van der Waals surface area contributed by atoms with Crippen LogP contribution in [0.1, 0.15) is 30.3 Å². The number of nitriles is 1. The first-order chi connectivity index (χ1) is 22.3. The van der Waals surface area contributed by atoms with E-state index in [0.29, 0.717) is 53.9 Å². The number of fused-ring (bicyclic) bond motifs is 1. The lowest BCUT2D eigenvalue weighted by Crippen LogP contribution is -2.51. The zero-order valence-electron chi connectivity index (χ0n) is 25.6. The molecule has 234 valence electrons. The fourth-order valence-corrected chi connectivity index (χ4v) is 6.92. The second kappa shape index (κ2) is 11.8. The van der Waals surface area contributed by atoms with Crippen molar-refractivity contribution >= 4 is 39.7 Å². The maximum absolute atomic E-state index is 13.6. The van der Waals surface area contributed by atoms with E-state index in [2.05, 4.69) is 24.0 Å². The molecule has 46 heavy (non-hydrogen) atoms. The van der Waals surface area contributed by atoms with Crippen molar-refractivity contribution in [3.8, 4) is 28.5 Å². The topological polar surface area (TPSA) is 114 Å². The van der Waals surface area contributed by atoms with Gasteiger partial charge in [0, 0.05) is 62.3 Å². The molecule has 5 aromatic rings. The summed E-state index contributed by atoms with van der Waals surface area (Å²) in [6, 6.07) is 16.3. The number of rotatable bonds is 8. The highest BCUT2D eigenvalue weighted by Crippen LogP contribution is 2.46. The molecule has 0 bridgehead atoms. The standard InChI is InChI=1S/C34H33FN8O2S/c1-3-26-31(40(2)33-39-30(27(18-36)46-33)22-4-8-25(35)9-5-22)43-20-24(7-11-29(43)38-26)23-6-10-28(37-19-23)41-14-16-42(17-15-41)32(45)34(21-44)12-13-34/h4-11,19-20,44H,3,12-17,21H2,1-2H3. The SMILES string of the molecule is CCc1nc2ccc(-c3ccc(N4CCN(C(=O)C5(CO)CC5)CC4)nc3)cn2c1N(C)c1nc(-c2ccc(F)cc2)c(C#N)s1. The summed E-state index contributed by atoms with van der Waals surface area (Å²) in [5.74, 6) is 1.46. The minimum absolute atomic E-state index is 0.0665. The van der Waals surface area contributed by atoms with Crippen LogP contribution in [-0.4, -0.2) is 75.1 Å². The van der Waals surface area contributed by atoms with E-state index in [4.69, 9.17) is 15.0 Å². The number of carbonyl (C=O) groups is 1. The van der Waals surface area contributed by atoms with Crippen LogP contribution < -0.4 is 9.80 Å². The summed E-state index contributed by atoms with van der Waals surface area (Å²) in [4.78, 5) is 33.7. The number of aromatic nitrogens is 4. The summed E-state index contributed by atoms with van der Waals surface area (Å²) >= 11 is 1.29. The van der Waals surface area contributed by atoms with Gasteiger partial charge in [0.1, 0.15) is 39.7 Å². The zero-order valence-corrected chi connectivity index (χ0v) is 26.5. The van der Waals surface area contributed by atoms with Crippen LogP contribution in [-0.2, 0) is 11.2 Å². The minimum atomic E-state index is -0.530. The van der Waals surface area contributed by atoms with Gasteiger partial charge in [0.15, 0.2) is 5.13 Å². The van der Waals surface area contributed by atoms with Gasteiger partial charge in [-0.2, -0.15) is 5.26 Å². The monoisotopic (exact) mass is 636 g/mol. The fourth-order valence-electron chi connectivity index (χ4n) is 6.07. The van der Waals surface area contributed by atoms with Gasteiger partial charge in [-0.3, -0.25) is 9.20 Å². The lowest BCUT2D eigenvalue weighted by molar-refractivity contribution is -0.138. The molecular weight excluding hydrogens is 603 g/mol. The number of hydrogen-bond acceptors (Lipinski definition) is 9. The number of hydrogen-bond donors (Lipinski definition) is 1. The van der Waals surface area contributed by atoms with Crippen molar-refractivity contribution in [3.05, 3.63) is 77.3 Å². The van der Waals surface area contributed by atoms with Gasteiger partial charge in [-0.1, -0.05) is 18.3 Å². The molecule has 0 spiro atoms. The quantitative estimate of drug-likeness (QED) is 0.245. The number of thiazole rings is 1. The van der Waals surface area contributed by atoms with E-state index in [9.17, 15) is 19.6 Å². The Morgan fingerprint density at radius 3 is 2.39 bits per heavy atom. The van der Waals surface area contributed by atoms with E-state index in [1.807, 2.05) is 51.8 Å². The van der Waals surface area contributed by atoms with E-state index in [1.54, 1.807) is 12.1 Å². The second-order valence-electron chi connectivity index (χ2n) is 11.9. The van der Waals surface area contributed by atoms with Crippen molar-refractivity contribution in [2.75, 3.05) is 49.6 Å². The van der Waals surface area contributed by atoms with Gasteiger partial charge in [-0.05, 0) is 67.8 Å². The van der Waals surface area contributed by atoms with Crippen molar-refractivity contribution in [2.24, 2.45) is 5.41 Å². The number of aliphatic hydroxyl groups excluding tert-OH is 1. The Kier molecular flexibility index (Phi) is 7.66. The van der Waals surface area contributed by atoms with Crippen LogP contribution in [0.25, 0.3) is 28.0 Å². The number of amides is 1. The van der Waals surface area contributed by atoms with E-state index < -0.39 is 5.41 Å². The van der Waals surface area contributed by atoms with Gasteiger partial charge >= 0.3 is 0 Å². The predicted molar refractivity (Wildman–Crippen MR) is 176 cm³/mol. The number of piperazine rings is 1. The number of halogens is 1.